The quantitative estimate of drug-likeness (QED) is 0.724. The van der Waals surface area contributed by atoms with Crippen LogP contribution in [-0.4, -0.2) is 22.3 Å². The van der Waals surface area contributed by atoms with E-state index in [0.29, 0.717) is 25.1 Å². The standard InChI is InChI=1S/C25H24N2O2/c1-25(24(29)26-17-19-10-4-2-5-11-19)16-21-14-8-9-15-22(21)23(28)27(25)18-20-12-6-3-7-13-20/h2-15H,16-18H2,1H3,(H,26,29)/t25-/m1/s1. The molecule has 4 rings (SSSR count). The predicted octanol–water partition coefficient (Wildman–Crippen LogP) is 3.96. The van der Waals surface area contributed by atoms with E-state index in [-0.39, 0.29) is 11.8 Å². The van der Waals surface area contributed by atoms with Crippen LogP contribution in [0.5, 0.6) is 0 Å². The average molecular weight is 384 g/mol. The summed E-state index contributed by atoms with van der Waals surface area (Å²) >= 11 is 0. The molecular formula is C25H24N2O2. The largest absolute Gasteiger partial charge is 0.350 e. The Balaban J connectivity index is 1.65. The van der Waals surface area contributed by atoms with Crippen LogP contribution < -0.4 is 5.32 Å². The fourth-order valence-electron chi connectivity index (χ4n) is 3.90. The maximum atomic E-state index is 13.4. The van der Waals surface area contributed by atoms with Gasteiger partial charge in [0.2, 0.25) is 5.91 Å². The van der Waals surface area contributed by atoms with Crippen LogP contribution in [0.2, 0.25) is 0 Å². The topological polar surface area (TPSA) is 49.4 Å². The molecule has 3 aromatic carbocycles. The molecule has 0 aliphatic carbocycles. The summed E-state index contributed by atoms with van der Waals surface area (Å²) in [5.74, 6) is -0.242. The lowest BCUT2D eigenvalue weighted by molar-refractivity contribution is -0.132. The average Bonchev–Trinajstić information content (AvgIpc) is 2.76. The number of nitrogens with one attached hydrogen (secondary N) is 1. The summed E-state index contributed by atoms with van der Waals surface area (Å²) in [6.45, 7) is 2.69. The molecular weight excluding hydrogens is 360 g/mol. The number of benzene rings is 3. The number of carbonyl (C=O) groups is 2. The fourth-order valence-corrected chi connectivity index (χ4v) is 3.90. The maximum absolute atomic E-state index is 13.4. The van der Waals surface area contributed by atoms with Gasteiger partial charge < -0.3 is 10.2 Å². The van der Waals surface area contributed by atoms with Gasteiger partial charge in [-0.1, -0.05) is 78.9 Å². The molecule has 29 heavy (non-hydrogen) atoms. The molecule has 1 heterocycles. The minimum atomic E-state index is -0.962. The Morgan fingerprint density at radius 2 is 1.48 bits per heavy atom. The van der Waals surface area contributed by atoms with Gasteiger partial charge in [-0.25, -0.2) is 0 Å². The molecule has 3 aromatic rings. The molecule has 0 spiro atoms. The molecule has 1 aliphatic heterocycles. The predicted molar refractivity (Wildman–Crippen MR) is 113 cm³/mol. The van der Waals surface area contributed by atoms with Crippen LogP contribution in [0.15, 0.2) is 84.9 Å². The lowest BCUT2D eigenvalue weighted by atomic mass is 9.82. The summed E-state index contributed by atoms with van der Waals surface area (Å²) in [7, 11) is 0. The van der Waals surface area contributed by atoms with Gasteiger partial charge in [-0.2, -0.15) is 0 Å². The number of hydrogen-bond acceptors (Lipinski definition) is 2. The number of nitrogens with zero attached hydrogens (tertiary/aromatic N) is 1. The van der Waals surface area contributed by atoms with E-state index in [4.69, 9.17) is 0 Å². The highest BCUT2D eigenvalue weighted by Gasteiger charge is 2.46. The third kappa shape index (κ3) is 3.79. The van der Waals surface area contributed by atoms with Crippen molar-refractivity contribution in [3.63, 3.8) is 0 Å². The van der Waals surface area contributed by atoms with Crippen molar-refractivity contribution < 1.29 is 9.59 Å². The van der Waals surface area contributed by atoms with Crippen LogP contribution >= 0.6 is 0 Å². The number of hydrogen-bond donors (Lipinski definition) is 1. The molecule has 0 unspecified atom stereocenters. The van der Waals surface area contributed by atoms with Gasteiger partial charge in [0.1, 0.15) is 5.54 Å². The van der Waals surface area contributed by atoms with Crippen LogP contribution in [-0.2, 0) is 24.3 Å². The first-order valence-corrected chi connectivity index (χ1v) is 9.84. The summed E-state index contributed by atoms with van der Waals surface area (Å²) in [6.07, 6.45) is 0.488. The zero-order chi connectivity index (χ0) is 20.3. The van der Waals surface area contributed by atoms with Gasteiger partial charge in [-0.3, -0.25) is 9.59 Å². The second-order valence-electron chi connectivity index (χ2n) is 7.65. The van der Waals surface area contributed by atoms with Crippen molar-refractivity contribution in [2.24, 2.45) is 0 Å². The van der Waals surface area contributed by atoms with E-state index in [9.17, 15) is 9.59 Å². The van der Waals surface area contributed by atoms with Crippen molar-refractivity contribution in [1.82, 2.24) is 10.2 Å². The van der Waals surface area contributed by atoms with Crippen molar-refractivity contribution in [2.75, 3.05) is 0 Å². The molecule has 0 fully saturated rings. The minimum Gasteiger partial charge on any atom is -0.350 e. The Morgan fingerprint density at radius 1 is 0.897 bits per heavy atom. The summed E-state index contributed by atoms with van der Waals surface area (Å²) in [5.41, 5.74) is 2.66. The van der Waals surface area contributed by atoms with Crippen molar-refractivity contribution in [1.29, 1.82) is 0 Å². The Hall–Kier alpha value is -3.40. The fraction of sp³-hybridized carbons (Fsp3) is 0.200. The molecule has 1 aliphatic rings. The third-order valence-corrected chi connectivity index (χ3v) is 5.59. The summed E-state index contributed by atoms with van der Waals surface area (Å²) in [5, 5.41) is 3.04. The highest BCUT2D eigenvalue weighted by Crippen LogP contribution is 2.32. The monoisotopic (exact) mass is 384 g/mol. The Bertz CT molecular complexity index is 1020. The van der Waals surface area contributed by atoms with Gasteiger partial charge in [0.25, 0.3) is 5.91 Å². The van der Waals surface area contributed by atoms with Gasteiger partial charge >= 0.3 is 0 Å². The SMILES string of the molecule is C[C@]1(C(=O)NCc2ccccc2)Cc2ccccc2C(=O)N1Cc1ccccc1. The molecule has 0 saturated carbocycles. The van der Waals surface area contributed by atoms with Gasteiger partial charge in [-0.05, 0) is 29.7 Å². The van der Waals surface area contributed by atoms with E-state index >= 15 is 0 Å². The zero-order valence-corrected chi connectivity index (χ0v) is 16.5. The number of rotatable bonds is 5. The zero-order valence-electron chi connectivity index (χ0n) is 16.5. The first-order chi connectivity index (χ1) is 14.1. The van der Waals surface area contributed by atoms with E-state index in [2.05, 4.69) is 5.32 Å². The van der Waals surface area contributed by atoms with Crippen molar-refractivity contribution in [3.8, 4) is 0 Å². The summed E-state index contributed by atoms with van der Waals surface area (Å²) in [4.78, 5) is 28.4. The number of carbonyl (C=O) groups excluding carboxylic acids is 2. The van der Waals surface area contributed by atoms with E-state index in [0.717, 1.165) is 16.7 Å². The van der Waals surface area contributed by atoms with E-state index in [1.54, 1.807) is 4.90 Å². The second-order valence-corrected chi connectivity index (χ2v) is 7.65. The lowest BCUT2D eigenvalue weighted by Gasteiger charge is -2.44. The smallest absolute Gasteiger partial charge is 0.255 e. The molecule has 0 bridgehead atoms. The van der Waals surface area contributed by atoms with Crippen molar-refractivity contribution >= 4 is 11.8 Å². The number of fused-ring (bicyclic) bond motifs is 1. The molecule has 4 nitrogen and oxygen atoms in total. The van der Waals surface area contributed by atoms with Crippen LogP contribution in [0.25, 0.3) is 0 Å². The van der Waals surface area contributed by atoms with Crippen molar-refractivity contribution in [3.05, 3.63) is 107 Å². The van der Waals surface area contributed by atoms with Gasteiger partial charge in [0.05, 0.1) is 0 Å². The molecule has 0 saturated heterocycles. The Labute approximate surface area is 171 Å². The van der Waals surface area contributed by atoms with Crippen molar-refractivity contribution in [2.45, 2.75) is 32.0 Å². The molecule has 2 amide bonds. The summed E-state index contributed by atoms with van der Waals surface area (Å²) in [6, 6.07) is 27.2. The lowest BCUT2D eigenvalue weighted by Crippen LogP contribution is -2.62. The van der Waals surface area contributed by atoms with Gasteiger partial charge in [0, 0.05) is 25.1 Å². The first kappa shape index (κ1) is 18.9. The van der Waals surface area contributed by atoms with E-state index < -0.39 is 5.54 Å². The minimum absolute atomic E-state index is 0.104. The summed E-state index contributed by atoms with van der Waals surface area (Å²) < 4.78 is 0. The van der Waals surface area contributed by atoms with Crippen LogP contribution in [0.1, 0.15) is 34.0 Å². The number of amides is 2. The molecule has 1 N–H and O–H groups in total. The highest BCUT2D eigenvalue weighted by atomic mass is 16.2. The van der Waals surface area contributed by atoms with E-state index in [1.807, 2.05) is 91.9 Å². The van der Waals surface area contributed by atoms with E-state index in [1.165, 1.54) is 0 Å². The molecule has 1 atom stereocenters. The molecule has 0 radical (unpaired) electrons. The molecule has 4 heteroatoms. The molecule has 0 aromatic heterocycles. The van der Waals surface area contributed by atoms with Crippen LogP contribution in [0.3, 0.4) is 0 Å². The Morgan fingerprint density at radius 3 is 2.17 bits per heavy atom. The van der Waals surface area contributed by atoms with Crippen LogP contribution in [0.4, 0.5) is 0 Å². The maximum Gasteiger partial charge on any atom is 0.255 e. The van der Waals surface area contributed by atoms with Gasteiger partial charge in [-0.15, -0.1) is 0 Å². The van der Waals surface area contributed by atoms with Gasteiger partial charge in [0.15, 0.2) is 0 Å². The normalized spacial score (nSPS) is 18.2. The second kappa shape index (κ2) is 7.92. The highest BCUT2D eigenvalue weighted by molar-refractivity contribution is 6.02. The van der Waals surface area contributed by atoms with Crippen LogP contribution in [0, 0.1) is 0 Å². The third-order valence-electron chi connectivity index (χ3n) is 5.59. The Kier molecular flexibility index (Phi) is 5.17. The first-order valence-electron chi connectivity index (χ1n) is 9.84. The molecule has 146 valence electrons.